The summed E-state index contributed by atoms with van der Waals surface area (Å²) in [6.07, 6.45) is 4.16. The summed E-state index contributed by atoms with van der Waals surface area (Å²) in [5.74, 6) is 2.47. The van der Waals surface area contributed by atoms with Gasteiger partial charge in [-0.15, -0.1) is 0 Å². The minimum Gasteiger partial charge on any atom is -0.444 e. The van der Waals surface area contributed by atoms with Gasteiger partial charge in [0.15, 0.2) is 5.96 Å². The maximum absolute atomic E-state index is 11.6. The summed E-state index contributed by atoms with van der Waals surface area (Å²) in [7, 11) is 1.78. The molecule has 1 rings (SSSR count). The second kappa shape index (κ2) is 12.9. The van der Waals surface area contributed by atoms with Crippen molar-refractivity contribution in [1.29, 1.82) is 0 Å². The largest absolute Gasteiger partial charge is 0.444 e. The Morgan fingerprint density at radius 1 is 1.00 bits per heavy atom. The maximum atomic E-state index is 11.6. The Bertz CT molecular complexity index is 466. The highest BCUT2D eigenvalue weighted by molar-refractivity contribution is 5.79. The van der Waals surface area contributed by atoms with Crippen molar-refractivity contribution < 1.29 is 9.53 Å². The van der Waals surface area contributed by atoms with Gasteiger partial charge in [0.2, 0.25) is 0 Å². The first-order valence-corrected chi connectivity index (χ1v) is 10.8. The molecule has 0 saturated carbocycles. The SMILES string of the molecule is CN=C(NCCCCN1CC(C)CC(C)C1)NCCCNC(=O)OC(C)(C)C. The second-order valence-corrected chi connectivity index (χ2v) is 9.12. The Labute approximate surface area is 172 Å². The van der Waals surface area contributed by atoms with Crippen LogP contribution in [0.4, 0.5) is 4.79 Å². The molecule has 0 spiro atoms. The molecule has 1 aliphatic rings. The van der Waals surface area contributed by atoms with Crippen molar-refractivity contribution in [3.05, 3.63) is 0 Å². The number of unbranched alkanes of at least 4 members (excludes halogenated alkanes) is 1. The highest BCUT2D eigenvalue weighted by atomic mass is 16.6. The second-order valence-electron chi connectivity index (χ2n) is 9.12. The molecule has 164 valence electrons. The van der Waals surface area contributed by atoms with Crippen LogP contribution >= 0.6 is 0 Å². The van der Waals surface area contributed by atoms with Crippen molar-refractivity contribution in [2.24, 2.45) is 16.8 Å². The summed E-state index contributed by atoms with van der Waals surface area (Å²) in [5, 5.41) is 9.41. The van der Waals surface area contributed by atoms with Gasteiger partial charge in [-0.25, -0.2) is 4.79 Å². The van der Waals surface area contributed by atoms with Crippen LogP contribution in [-0.4, -0.2) is 68.9 Å². The zero-order chi connectivity index (χ0) is 21.0. The fourth-order valence-electron chi connectivity index (χ4n) is 3.66. The summed E-state index contributed by atoms with van der Waals surface area (Å²) in [5.41, 5.74) is -0.460. The predicted molar refractivity (Wildman–Crippen MR) is 117 cm³/mol. The Hall–Kier alpha value is -1.50. The minimum atomic E-state index is -0.460. The fourth-order valence-corrected chi connectivity index (χ4v) is 3.66. The molecule has 2 unspecified atom stereocenters. The molecule has 0 bridgehead atoms. The van der Waals surface area contributed by atoms with Crippen molar-refractivity contribution >= 4 is 12.1 Å². The van der Waals surface area contributed by atoms with Crippen LogP contribution in [0.15, 0.2) is 4.99 Å². The molecule has 1 aliphatic heterocycles. The Balaban J connectivity index is 2.04. The van der Waals surface area contributed by atoms with Crippen LogP contribution in [0.25, 0.3) is 0 Å². The van der Waals surface area contributed by atoms with Gasteiger partial charge in [-0.2, -0.15) is 0 Å². The maximum Gasteiger partial charge on any atom is 0.407 e. The van der Waals surface area contributed by atoms with Crippen molar-refractivity contribution in [1.82, 2.24) is 20.9 Å². The number of amides is 1. The van der Waals surface area contributed by atoms with Crippen LogP contribution in [0, 0.1) is 11.8 Å². The first-order valence-electron chi connectivity index (χ1n) is 10.8. The third-order valence-corrected chi connectivity index (χ3v) is 4.68. The van der Waals surface area contributed by atoms with Gasteiger partial charge in [-0.1, -0.05) is 13.8 Å². The van der Waals surface area contributed by atoms with Gasteiger partial charge in [0.25, 0.3) is 0 Å². The number of alkyl carbamates (subject to hydrolysis) is 1. The Morgan fingerprint density at radius 3 is 2.14 bits per heavy atom. The van der Waals surface area contributed by atoms with Crippen LogP contribution in [-0.2, 0) is 4.74 Å². The van der Waals surface area contributed by atoms with Crippen LogP contribution in [0.3, 0.4) is 0 Å². The molecule has 1 fully saturated rings. The lowest BCUT2D eigenvalue weighted by atomic mass is 9.92. The predicted octanol–water partition coefficient (Wildman–Crippen LogP) is 2.82. The highest BCUT2D eigenvalue weighted by Crippen LogP contribution is 2.20. The van der Waals surface area contributed by atoms with E-state index >= 15 is 0 Å². The van der Waals surface area contributed by atoms with E-state index < -0.39 is 5.60 Å². The van der Waals surface area contributed by atoms with Crippen LogP contribution < -0.4 is 16.0 Å². The lowest BCUT2D eigenvalue weighted by Gasteiger charge is -2.34. The summed E-state index contributed by atoms with van der Waals surface area (Å²) in [6.45, 7) is 16.2. The molecule has 1 amide bonds. The third-order valence-electron chi connectivity index (χ3n) is 4.68. The monoisotopic (exact) mass is 397 g/mol. The first kappa shape index (κ1) is 24.5. The smallest absolute Gasteiger partial charge is 0.407 e. The van der Waals surface area contributed by atoms with E-state index in [1.165, 1.54) is 32.5 Å². The van der Waals surface area contributed by atoms with Crippen molar-refractivity contribution in [2.45, 2.75) is 65.9 Å². The van der Waals surface area contributed by atoms with Gasteiger partial charge in [-0.05, 0) is 64.8 Å². The van der Waals surface area contributed by atoms with Crippen molar-refractivity contribution in [2.75, 3.05) is 46.3 Å². The number of piperidine rings is 1. The summed E-state index contributed by atoms with van der Waals surface area (Å²) >= 11 is 0. The first-order chi connectivity index (χ1) is 13.2. The Kier molecular flexibility index (Phi) is 11.3. The molecule has 3 N–H and O–H groups in total. The highest BCUT2D eigenvalue weighted by Gasteiger charge is 2.20. The Morgan fingerprint density at radius 2 is 1.57 bits per heavy atom. The zero-order valence-electron chi connectivity index (χ0n) is 18.9. The lowest BCUT2D eigenvalue weighted by Crippen LogP contribution is -2.40. The molecule has 7 nitrogen and oxygen atoms in total. The van der Waals surface area contributed by atoms with E-state index in [0.717, 1.165) is 43.7 Å². The number of nitrogens with zero attached hydrogens (tertiary/aromatic N) is 2. The van der Waals surface area contributed by atoms with E-state index in [1.807, 2.05) is 20.8 Å². The number of rotatable bonds is 9. The normalized spacial score (nSPS) is 21.3. The number of hydrogen-bond donors (Lipinski definition) is 3. The number of nitrogens with one attached hydrogen (secondary N) is 3. The molecule has 7 heteroatoms. The number of likely N-dealkylation sites (tertiary alicyclic amines) is 1. The van der Waals surface area contributed by atoms with Crippen molar-refractivity contribution in [3.8, 4) is 0 Å². The van der Waals surface area contributed by atoms with E-state index in [9.17, 15) is 4.79 Å². The van der Waals surface area contributed by atoms with Crippen LogP contribution in [0.2, 0.25) is 0 Å². The van der Waals surface area contributed by atoms with Gasteiger partial charge in [0.1, 0.15) is 5.60 Å². The molecule has 28 heavy (non-hydrogen) atoms. The van der Waals surface area contributed by atoms with E-state index in [4.69, 9.17) is 4.74 Å². The summed E-state index contributed by atoms with van der Waals surface area (Å²) < 4.78 is 5.21. The van der Waals surface area contributed by atoms with E-state index in [-0.39, 0.29) is 6.09 Å². The molecule has 0 aromatic carbocycles. The summed E-state index contributed by atoms with van der Waals surface area (Å²) in [6, 6.07) is 0. The third kappa shape index (κ3) is 12.1. The molecule has 0 radical (unpaired) electrons. The number of hydrogen-bond acceptors (Lipinski definition) is 4. The average Bonchev–Trinajstić information content (AvgIpc) is 2.57. The van der Waals surface area contributed by atoms with Gasteiger partial charge in [0, 0.05) is 39.8 Å². The number of ether oxygens (including phenoxy) is 1. The van der Waals surface area contributed by atoms with E-state index in [0.29, 0.717) is 6.54 Å². The number of aliphatic imine (C=N–C) groups is 1. The van der Waals surface area contributed by atoms with Crippen LogP contribution in [0.5, 0.6) is 0 Å². The summed E-state index contributed by atoms with van der Waals surface area (Å²) in [4.78, 5) is 18.4. The molecule has 0 aliphatic carbocycles. The topological polar surface area (TPSA) is 78.0 Å². The van der Waals surface area contributed by atoms with Gasteiger partial charge in [0.05, 0.1) is 0 Å². The van der Waals surface area contributed by atoms with E-state index in [2.05, 4.69) is 39.7 Å². The lowest BCUT2D eigenvalue weighted by molar-refractivity contribution is 0.0527. The number of guanidine groups is 1. The average molecular weight is 398 g/mol. The molecule has 2 atom stereocenters. The fraction of sp³-hybridized carbons (Fsp3) is 0.905. The number of carbonyl (C=O) groups excluding carboxylic acids is 1. The van der Waals surface area contributed by atoms with Crippen molar-refractivity contribution in [3.63, 3.8) is 0 Å². The molecule has 1 heterocycles. The quantitative estimate of drug-likeness (QED) is 0.317. The molecular weight excluding hydrogens is 354 g/mol. The minimum absolute atomic E-state index is 0.368. The number of carbonyl (C=O) groups is 1. The van der Waals surface area contributed by atoms with Gasteiger partial charge >= 0.3 is 6.09 Å². The van der Waals surface area contributed by atoms with Gasteiger partial charge < -0.3 is 25.6 Å². The van der Waals surface area contributed by atoms with E-state index in [1.54, 1.807) is 7.05 Å². The zero-order valence-corrected chi connectivity index (χ0v) is 18.9. The van der Waals surface area contributed by atoms with Gasteiger partial charge in [-0.3, -0.25) is 4.99 Å². The molecule has 1 saturated heterocycles. The molecular formula is C21H43N5O2. The molecule has 0 aromatic rings. The standard InChI is InChI=1S/C21H43N5O2/c1-17-14-18(2)16-26(15-17)13-8-7-10-23-19(22-6)24-11-9-12-25-20(27)28-21(3,4)5/h17-18H,7-16H2,1-6H3,(H,25,27)(H2,22,23,24). The molecule has 0 aromatic heterocycles. The van der Waals surface area contributed by atoms with Crippen LogP contribution in [0.1, 0.15) is 60.3 Å².